The average molecular weight is 541 g/mol. The first-order valence-corrected chi connectivity index (χ1v) is 12.9. The van der Waals surface area contributed by atoms with Gasteiger partial charge < -0.3 is 9.47 Å². The Morgan fingerprint density at radius 1 is 1.00 bits per heavy atom. The number of nitrogens with zero attached hydrogens (tertiary/aromatic N) is 2. The molecule has 2 amide bonds. The van der Waals surface area contributed by atoms with E-state index in [1.807, 2.05) is 54.6 Å². The van der Waals surface area contributed by atoms with Crippen LogP contribution in [0.1, 0.15) is 22.3 Å². The Labute approximate surface area is 229 Å². The van der Waals surface area contributed by atoms with E-state index in [4.69, 9.17) is 21.1 Å². The monoisotopic (exact) mass is 540 g/mol. The molecule has 0 N–H and O–H groups in total. The number of halogens is 1. The van der Waals surface area contributed by atoms with Crippen LogP contribution >= 0.6 is 23.4 Å². The molecular formula is C30H21ClN2O4S. The molecule has 0 aromatic heterocycles. The first kappa shape index (κ1) is 25.4. The zero-order valence-corrected chi connectivity index (χ0v) is 21.9. The molecule has 1 heterocycles. The fourth-order valence-corrected chi connectivity index (χ4v) is 5.37. The van der Waals surface area contributed by atoms with Crippen molar-refractivity contribution in [3.8, 4) is 17.6 Å². The van der Waals surface area contributed by atoms with Crippen molar-refractivity contribution >= 4 is 51.4 Å². The maximum absolute atomic E-state index is 13.2. The molecule has 0 unspecified atom stereocenters. The summed E-state index contributed by atoms with van der Waals surface area (Å²) in [6.45, 7) is 0.316. The van der Waals surface area contributed by atoms with Gasteiger partial charge in [-0.2, -0.15) is 5.26 Å². The second-order valence-electron chi connectivity index (χ2n) is 8.50. The third kappa shape index (κ3) is 5.10. The van der Waals surface area contributed by atoms with Gasteiger partial charge in [0.2, 0.25) is 0 Å². The summed E-state index contributed by atoms with van der Waals surface area (Å²) in [5, 5.41) is 11.3. The predicted octanol–water partition coefficient (Wildman–Crippen LogP) is 7.19. The summed E-state index contributed by atoms with van der Waals surface area (Å²) in [4.78, 5) is 27.5. The molecular weight excluding hydrogens is 520 g/mol. The lowest BCUT2D eigenvalue weighted by atomic mass is 10.0. The summed E-state index contributed by atoms with van der Waals surface area (Å²) in [6, 6.07) is 26.3. The van der Waals surface area contributed by atoms with Gasteiger partial charge in [-0.3, -0.25) is 14.5 Å². The van der Waals surface area contributed by atoms with E-state index in [1.165, 1.54) is 12.0 Å². The molecule has 0 aliphatic carbocycles. The lowest BCUT2D eigenvalue weighted by molar-refractivity contribution is -0.123. The van der Waals surface area contributed by atoms with E-state index < -0.39 is 0 Å². The van der Waals surface area contributed by atoms with Crippen LogP contribution in [0.15, 0.2) is 83.8 Å². The lowest BCUT2D eigenvalue weighted by Crippen LogP contribution is -2.27. The second-order valence-corrected chi connectivity index (χ2v) is 9.90. The fraction of sp³-hybridized carbons (Fsp3) is 0.100. The molecule has 1 aliphatic rings. The van der Waals surface area contributed by atoms with E-state index >= 15 is 0 Å². The minimum Gasteiger partial charge on any atom is -0.493 e. The highest BCUT2D eigenvalue weighted by molar-refractivity contribution is 8.18. The van der Waals surface area contributed by atoms with E-state index in [2.05, 4.69) is 6.07 Å². The van der Waals surface area contributed by atoms with Crippen molar-refractivity contribution in [1.82, 2.24) is 4.90 Å². The smallest absolute Gasteiger partial charge is 0.293 e. The maximum Gasteiger partial charge on any atom is 0.293 e. The summed E-state index contributed by atoms with van der Waals surface area (Å²) in [6.07, 6.45) is 1.62. The minimum absolute atomic E-state index is 0.131. The molecule has 1 saturated heterocycles. The van der Waals surface area contributed by atoms with Crippen molar-refractivity contribution in [1.29, 1.82) is 5.26 Å². The molecule has 5 rings (SSSR count). The van der Waals surface area contributed by atoms with E-state index in [1.54, 1.807) is 30.3 Å². The molecule has 0 atom stereocenters. The number of nitriles is 1. The van der Waals surface area contributed by atoms with E-state index in [-0.39, 0.29) is 29.3 Å². The van der Waals surface area contributed by atoms with Crippen LogP contribution in [0.3, 0.4) is 0 Å². The molecule has 1 aliphatic heterocycles. The van der Waals surface area contributed by atoms with Gasteiger partial charge in [0.15, 0.2) is 11.5 Å². The first-order chi connectivity index (χ1) is 18.5. The summed E-state index contributed by atoms with van der Waals surface area (Å²) in [5.74, 6) is 0.327. The number of methoxy groups -OCH3 is 1. The summed E-state index contributed by atoms with van der Waals surface area (Å²) >= 11 is 7.42. The minimum atomic E-state index is -0.364. The molecule has 4 aromatic rings. The third-order valence-corrected chi connectivity index (χ3v) is 7.33. The second kappa shape index (κ2) is 11.0. The zero-order valence-electron chi connectivity index (χ0n) is 20.3. The Morgan fingerprint density at radius 2 is 1.74 bits per heavy atom. The van der Waals surface area contributed by atoms with Crippen molar-refractivity contribution in [3.05, 3.63) is 111 Å². The van der Waals surface area contributed by atoms with Gasteiger partial charge in [0.1, 0.15) is 6.61 Å². The van der Waals surface area contributed by atoms with Crippen LogP contribution in [0.5, 0.6) is 11.5 Å². The van der Waals surface area contributed by atoms with Crippen molar-refractivity contribution in [2.75, 3.05) is 7.11 Å². The molecule has 1 fully saturated rings. The number of hydrogen-bond donors (Lipinski definition) is 0. The van der Waals surface area contributed by atoms with E-state index in [9.17, 15) is 14.9 Å². The van der Waals surface area contributed by atoms with Gasteiger partial charge in [0.25, 0.3) is 11.1 Å². The van der Waals surface area contributed by atoms with Crippen LogP contribution in [-0.4, -0.2) is 23.2 Å². The van der Waals surface area contributed by atoms with E-state index in [0.717, 1.165) is 33.7 Å². The SMILES string of the molecule is COc1cc(/C=C2\SC(=O)N(Cc3cccc4ccccc34)C2=O)cc(Cl)c1OCc1ccccc1C#N. The number of carbonyl (C=O) groups is 2. The van der Waals surface area contributed by atoms with Crippen LogP contribution in [0.25, 0.3) is 16.8 Å². The molecule has 8 heteroatoms. The highest BCUT2D eigenvalue weighted by atomic mass is 35.5. The number of imide groups is 1. The van der Waals surface area contributed by atoms with Crippen LogP contribution in [0.4, 0.5) is 4.79 Å². The normalized spacial score (nSPS) is 14.2. The number of rotatable bonds is 7. The number of hydrogen-bond acceptors (Lipinski definition) is 6. The topological polar surface area (TPSA) is 79.6 Å². The Bertz CT molecular complexity index is 1640. The van der Waals surface area contributed by atoms with Crippen molar-refractivity contribution in [2.24, 2.45) is 0 Å². The fourth-order valence-electron chi connectivity index (χ4n) is 4.26. The van der Waals surface area contributed by atoms with Crippen LogP contribution in [-0.2, 0) is 17.9 Å². The zero-order chi connectivity index (χ0) is 26.6. The highest BCUT2D eigenvalue weighted by Gasteiger charge is 2.35. The van der Waals surface area contributed by atoms with Crippen LogP contribution < -0.4 is 9.47 Å². The largest absolute Gasteiger partial charge is 0.493 e. The predicted molar refractivity (Wildman–Crippen MR) is 149 cm³/mol. The number of amides is 2. The highest BCUT2D eigenvalue weighted by Crippen LogP contribution is 2.40. The van der Waals surface area contributed by atoms with Gasteiger partial charge in [-0.1, -0.05) is 72.3 Å². The van der Waals surface area contributed by atoms with Crippen LogP contribution in [0.2, 0.25) is 5.02 Å². The van der Waals surface area contributed by atoms with Crippen molar-refractivity contribution in [2.45, 2.75) is 13.2 Å². The maximum atomic E-state index is 13.2. The number of carbonyl (C=O) groups excluding carboxylic acids is 2. The number of ether oxygens (including phenoxy) is 2. The standard InChI is InChI=1S/C30H21ClN2O4S/c1-36-26-14-19(13-25(31)28(26)37-18-23-9-3-2-8-21(23)16-32)15-27-29(34)33(30(35)38-27)17-22-11-6-10-20-7-4-5-12-24(20)22/h2-15H,17-18H2,1H3/b27-15-. The third-order valence-electron chi connectivity index (χ3n) is 6.14. The Morgan fingerprint density at radius 3 is 2.55 bits per heavy atom. The first-order valence-electron chi connectivity index (χ1n) is 11.7. The molecule has 6 nitrogen and oxygen atoms in total. The van der Waals surface area contributed by atoms with Crippen molar-refractivity contribution in [3.63, 3.8) is 0 Å². The van der Waals surface area contributed by atoms with Crippen molar-refractivity contribution < 1.29 is 19.1 Å². The number of fused-ring (bicyclic) bond motifs is 1. The van der Waals surface area contributed by atoms with Crippen LogP contribution in [0, 0.1) is 11.3 Å². The quantitative estimate of drug-likeness (QED) is 0.231. The van der Waals surface area contributed by atoms with E-state index in [0.29, 0.717) is 27.5 Å². The van der Waals surface area contributed by atoms with Gasteiger partial charge in [0, 0.05) is 5.56 Å². The Balaban J connectivity index is 1.37. The number of benzene rings is 4. The number of thioether (sulfide) groups is 1. The van der Waals surface area contributed by atoms with Gasteiger partial charge in [-0.25, -0.2) is 0 Å². The molecule has 0 spiro atoms. The molecule has 38 heavy (non-hydrogen) atoms. The summed E-state index contributed by atoms with van der Waals surface area (Å²) in [5.41, 5.74) is 2.72. The molecule has 4 aromatic carbocycles. The lowest BCUT2D eigenvalue weighted by Gasteiger charge is -2.15. The molecule has 0 radical (unpaired) electrons. The van der Waals surface area contributed by atoms with Gasteiger partial charge >= 0.3 is 0 Å². The summed E-state index contributed by atoms with van der Waals surface area (Å²) in [7, 11) is 1.49. The average Bonchev–Trinajstić information content (AvgIpc) is 3.19. The molecule has 188 valence electrons. The molecule has 0 saturated carbocycles. The Kier molecular flexibility index (Phi) is 7.36. The van der Waals surface area contributed by atoms with Gasteiger partial charge in [0.05, 0.1) is 35.2 Å². The molecule has 0 bridgehead atoms. The Hall–Kier alpha value is -4.25. The van der Waals surface area contributed by atoms with Gasteiger partial charge in [-0.05, 0) is 57.9 Å². The van der Waals surface area contributed by atoms with Gasteiger partial charge in [-0.15, -0.1) is 0 Å². The summed E-state index contributed by atoms with van der Waals surface area (Å²) < 4.78 is 11.4.